The number of nitrogens with two attached hydrogens (primary N) is 1. The van der Waals surface area contributed by atoms with E-state index in [-0.39, 0.29) is 19.0 Å². The molecule has 2 unspecified atom stereocenters. The Labute approximate surface area is 165 Å². The van der Waals surface area contributed by atoms with Crippen molar-refractivity contribution in [2.24, 2.45) is 11.7 Å². The van der Waals surface area contributed by atoms with Gasteiger partial charge in [0.2, 0.25) is 0 Å². The van der Waals surface area contributed by atoms with Crippen LogP contribution in [0.1, 0.15) is 34.6 Å². The predicted octanol–water partition coefficient (Wildman–Crippen LogP) is -0.446. The normalized spacial score (nSPS) is 24.5. The van der Waals surface area contributed by atoms with Gasteiger partial charge >= 0.3 is 6.09 Å². The summed E-state index contributed by atoms with van der Waals surface area (Å²) in [5.41, 5.74) is 3.60. The van der Waals surface area contributed by atoms with Crippen molar-refractivity contribution in [3.8, 4) is 0 Å². The molecule has 1 spiro atoms. The standard InChI is InChI=1S/C18H32N4O6/c1-12(2)8-21-7-6-20(16(26)27-17(3,4)5)10-18(21)11-22(15(18)25)28-13(9-23)14(19)24/h12-13,23H,6-11H2,1-5H3,(H2,19,24). The van der Waals surface area contributed by atoms with Crippen LogP contribution >= 0.6 is 0 Å². The molecule has 3 N–H and O–H groups in total. The second-order valence-corrected chi connectivity index (χ2v) is 8.79. The highest BCUT2D eigenvalue weighted by Gasteiger charge is 2.60. The maximum atomic E-state index is 13.0. The SMILES string of the molecule is CC(C)CN1CCN(C(=O)OC(C)(C)C)CC12CN(OC(CO)C(N)=O)C2=O. The van der Waals surface area contributed by atoms with Crippen molar-refractivity contribution in [1.82, 2.24) is 14.9 Å². The number of carbonyl (C=O) groups is 3. The Hall–Kier alpha value is -1.91. The lowest BCUT2D eigenvalue weighted by Crippen LogP contribution is -2.81. The van der Waals surface area contributed by atoms with E-state index in [0.29, 0.717) is 25.6 Å². The number of hydrogen-bond acceptors (Lipinski definition) is 7. The van der Waals surface area contributed by atoms with E-state index in [1.807, 2.05) is 0 Å². The minimum Gasteiger partial charge on any atom is -0.444 e. The van der Waals surface area contributed by atoms with Gasteiger partial charge in [0.1, 0.15) is 11.1 Å². The van der Waals surface area contributed by atoms with E-state index in [0.717, 1.165) is 5.06 Å². The number of aliphatic hydroxyl groups excluding tert-OH is 1. The number of hydrogen-bond donors (Lipinski definition) is 2. The van der Waals surface area contributed by atoms with E-state index in [9.17, 15) is 19.5 Å². The monoisotopic (exact) mass is 400 g/mol. The van der Waals surface area contributed by atoms with Gasteiger partial charge in [-0.15, -0.1) is 0 Å². The Bertz CT molecular complexity index is 620. The molecule has 2 aliphatic rings. The van der Waals surface area contributed by atoms with Crippen LogP contribution in [-0.4, -0.2) is 94.5 Å². The first-order valence-corrected chi connectivity index (χ1v) is 9.51. The second kappa shape index (κ2) is 8.22. The highest BCUT2D eigenvalue weighted by Crippen LogP contribution is 2.35. The van der Waals surface area contributed by atoms with Gasteiger partial charge in [0.05, 0.1) is 19.7 Å². The maximum Gasteiger partial charge on any atom is 0.410 e. The number of carbonyl (C=O) groups excluding carboxylic acids is 3. The van der Waals surface area contributed by atoms with Gasteiger partial charge in [0, 0.05) is 19.6 Å². The molecule has 2 saturated heterocycles. The third-order valence-electron chi connectivity index (χ3n) is 4.70. The van der Waals surface area contributed by atoms with E-state index in [2.05, 4.69) is 18.7 Å². The molecule has 10 nitrogen and oxygen atoms in total. The van der Waals surface area contributed by atoms with E-state index in [4.69, 9.17) is 15.3 Å². The fourth-order valence-corrected chi connectivity index (χ4v) is 3.42. The minimum atomic E-state index is -1.29. The van der Waals surface area contributed by atoms with Crippen LogP contribution < -0.4 is 5.73 Å². The molecule has 0 aliphatic carbocycles. The number of amides is 3. The first-order valence-electron chi connectivity index (χ1n) is 9.51. The van der Waals surface area contributed by atoms with Crippen molar-refractivity contribution in [2.75, 3.05) is 39.3 Å². The molecule has 160 valence electrons. The molecule has 28 heavy (non-hydrogen) atoms. The molecular formula is C18H32N4O6. The maximum absolute atomic E-state index is 13.0. The molecule has 0 aromatic carbocycles. The number of piperazine rings is 1. The number of primary amides is 1. The highest BCUT2D eigenvalue weighted by molar-refractivity contribution is 5.93. The zero-order chi connectivity index (χ0) is 21.3. The van der Waals surface area contributed by atoms with Gasteiger partial charge in [0.25, 0.3) is 11.8 Å². The van der Waals surface area contributed by atoms with Crippen molar-refractivity contribution in [1.29, 1.82) is 0 Å². The summed E-state index contributed by atoms with van der Waals surface area (Å²) in [5.74, 6) is -0.890. The fourth-order valence-electron chi connectivity index (χ4n) is 3.42. The van der Waals surface area contributed by atoms with Crippen LogP contribution in [-0.2, 0) is 19.2 Å². The molecule has 3 amide bonds. The van der Waals surface area contributed by atoms with Crippen molar-refractivity contribution in [2.45, 2.75) is 51.9 Å². The smallest absolute Gasteiger partial charge is 0.410 e. The molecule has 2 heterocycles. The summed E-state index contributed by atoms with van der Waals surface area (Å²) in [6, 6.07) is 0. The molecule has 10 heteroatoms. The number of β-lactam (4-membered cyclic amide) rings is 1. The average Bonchev–Trinajstić information content (AvgIpc) is 2.56. The summed E-state index contributed by atoms with van der Waals surface area (Å²) in [5, 5.41) is 10.2. The Morgan fingerprint density at radius 3 is 2.36 bits per heavy atom. The molecule has 2 atom stereocenters. The Kier molecular flexibility index (Phi) is 6.57. The molecule has 0 bridgehead atoms. The van der Waals surface area contributed by atoms with Crippen molar-refractivity contribution < 1.29 is 29.1 Å². The Morgan fingerprint density at radius 1 is 1.25 bits per heavy atom. The number of nitrogens with zero attached hydrogens (tertiary/aromatic N) is 3. The van der Waals surface area contributed by atoms with Gasteiger partial charge < -0.3 is 20.5 Å². The highest BCUT2D eigenvalue weighted by atomic mass is 16.7. The van der Waals surface area contributed by atoms with E-state index in [1.54, 1.807) is 20.8 Å². The summed E-state index contributed by atoms with van der Waals surface area (Å²) in [4.78, 5) is 45.7. The van der Waals surface area contributed by atoms with Crippen LogP contribution in [0.25, 0.3) is 0 Å². The number of hydroxylamine groups is 2. The lowest BCUT2D eigenvalue weighted by molar-refractivity contribution is -0.263. The van der Waals surface area contributed by atoms with Crippen molar-refractivity contribution in [3.05, 3.63) is 0 Å². The lowest BCUT2D eigenvalue weighted by Gasteiger charge is -2.57. The summed E-state index contributed by atoms with van der Waals surface area (Å²) >= 11 is 0. The Balaban J connectivity index is 2.15. The van der Waals surface area contributed by atoms with Gasteiger partial charge in [-0.05, 0) is 26.7 Å². The van der Waals surface area contributed by atoms with Gasteiger partial charge in [-0.1, -0.05) is 13.8 Å². The van der Waals surface area contributed by atoms with Crippen LogP contribution in [0.3, 0.4) is 0 Å². The lowest BCUT2D eigenvalue weighted by atomic mass is 9.85. The number of rotatable bonds is 6. The molecule has 2 aliphatic heterocycles. The summed E-state index contributed by atoms with van der Waals surface area (Å²) < 4.78 is 5.45. The van der Waals surface area contributed by atoms with Gasteiger partial charge in [-0.2, -0.15) is 0 Å². The topological polar surface area (TPSA) is 126 Å². The number of ether oxygens (including phenoxy) is 1. The van der Waals surface area contributed by atoms with Crippen molar-refractivity contribution >= 4 is 17.9 Å². The predicted molar refractivity (Wildman–Crippen MR) is 99.8 cm³/mol. The molecule has 2 fully saturated rings. The first kappa shape index (κ1) is 22.4. The van der Waals surface area contributed by atoms with Gasteiger partial charge in [-0.25, -0.2) is 9.86 Å². The van der Waals surface area contributed by atoms with E-state index >= 15 is 0 Å². The fraction of sp³-hybridized carbons (Fsp3) is 0.833. The summed E-state index contributed by atoms with van der Waals surface area (Å²) in [6.45, 7) is 10.9. The zero-order valence-corrected chi connectivity index (χ0v) is 17.3. The van der Waals surface area contributed by atoms with Crippen LogP contribution in [0.15, 0.2) is 0 Å². The first-order chi connectivity index (χ1) is 12.9. The van der Waals surface area contributed by atoms with Gasteiger partial charge in [0.15, 0.2) is 6.10 Å². The third-order valence-corrected chi connectivity index (χ3v) is 4.70. The second-order valence-electron chi connectivity index (χ2n) is 8.79. The molecule has 0 aromatic rings. The Morgan fingerprint density at radius 2 is 1.89 bits per heavy atom. The van der Waals surface area contributed by atoms with Crippen LogP contribution in [0, 0.1) is 5.92 Å². The zero-order valence-electron chi connectivity index (χ0n) is 17.3. The summed E-state index contributed by atoms with van der Waals surface area (Å²) in [6.07, 6.45) is -1.75. The average molecular weight is 400 g/mol. The van der Waals surface area contributed by atoms with Gasteiger partial charge in [-0.3, -0.25) is 19.3 Å². The van der Waals surface area contributed by atoms with Crippen LogP contribution in [0.5, 0.6) is 0 Å². The molecule has 2 rings (SSSR count). The largest absolute Gasteiger partial charge is 0.444 e. The van der Waals surface area contributed by atoms with E-state index in [1.165, 1.54) is 4.90 Å². The summed E-state index contributed by atoms with van der Waals surface area (Å²) in [7, 11) is 0. The molecular weight excluding hydrogens is 368 g/mol. The van der Waals surface area contributed by atoms with Crippen LogP contribution in [0.4, 0.5) is 4.79 Å². The van der Waals surface area contributed by atoms with E-state index < -0.39 is 35.9 Å². The molecule has 0 aromatic heterocycles. The van der Waals surface area contributed by atoms with Crippen molar-refractivity contribution in [3.63, 3.8) is 0 Å². The third kappa shape index (κ3) is 4.73. The minimum absolute atomic E-state index is 0.168. The molecule has 0 saturated carbocycles. The quantitative estimate of drug-likeness (QED) is 0.579. The van der Waals surface area contributed by atoms with Crippen LogP contribution in [0.2, 0.25) is 0 Å². The number of aliphatic hydroxyl groups is 1. The molecule has 0 radical (unpaired) electrons.